The van der Waals surface area contributed by atoms with E-state index in [1.54, 1.807) is 0 Å². The smallest absolute Gasteiger partial charge is 0.391 e. The third-order valence-electron chi connectivity index (χ3n) is 2.48. The first-order valence-electron chi connectivity index (χ1n) is 5.53. The van der Waals surface area contributed by atoms with Crippen molar-refractivity contribution in [1.82, 2.24) is 5.01 Å². The molecular formula is C10H16N2O6. The Bertz CT molecular complexity index is 383. The summed E-state index contributed by atoms with van der Waals surface area (Å²) < 4.78 is 9.61. The van der Waals surface area contributed by atoms with Gasteiger partial charge < -0.3 is 9.47 Å². The Balaban J connectivity index is 3.04. The molecule has 0 saturated carbocycles. The van der Waals surface area contributed by atoms with Crippen LogP contribution in [0.3, 0.4) is 0 Å². The second kappa shape index (κ2) is 4.79. The Labute approximate surface area is 104 Å². The largest absolute Gasteiger partial charge is 0.400 e. The summed E-state index contributed by atoms with van der Waals surface area (Å²) in [5.41, 5.74) is 0. The van der Waals surface area contributed by atoms with E-state index in [-0.39, 0.29) is 12.3 Å². The zero-order valence-corrected chi connectivity index (χ0v) is 10.7. The van der Waals surface area contributed by atoms with E-state index in [4.69, 9.17) is 9.47 Å². The molecule has 0 unspecified atom stereocenters. The second-order valence-electron chi connectivity index (χ2n) is 4.64. The number of rotatable bonds is 4. The number of ether oxygens (including phenoxy) is 2. The third kappa shape index (κ3) is 2.69. The number of nitrogens with zero attached hydrogens (tertiary/aromatic N) is 2. The van der Waals surface area contributed by atoms with Gasteiger partial charge in [0, 0.05) is 13.8 Å². The molecule has 0 spiro atoms. The fraction of sp³-hybridized carbons (Fsp3) is 0.800. The van der Waals surface area contributed by atoms with Gasteiger partial charge in [0.05, 0.1) is 0 Å². The molecule has 1 aliphatic rings. The molecule has 0 aromatic carbocycles. The van der Waals surface area contributed by atoms with Crippen molar-refractivity contribution < 1.29 is 24.1 Å². The van der Waals surface area contributed by atoms with E-state index in [1.807, 2.05) is 13.8 Å². The Morgan fingerprint density at radius 2 is 2.22 bits per heavy atom. The molecule has 8 heteroatoms. The molecule has 1 saturated heterocycles. The lowest BCUT2D eigenvalue weighted by Crippen LogP contribution is -2.52. The van der Waals surface area contributed by atoms with Crippen molar-refractivity contribution in [3.05, 3.63) is 10.1 Å². The lowest BCUT2D eigenvalue weighted by molar-refractivity contribution is -0.699. The average Bonchev–Trinajstić information content (AvgIpc) is 2.34. The number of esters is 2. The normalized spacial score (nSPS) is 27.3. The first-order chi connectivity index (χ1) is 8.17. The minimum Gasteiger partial charge on any atom is -0.400 e. The predicted octanol–water partition coefficient (Wildman–Crippen LogP) is 0.688. The minimum atomic E-state index is -1.98. The number of carbonyl (C=O) groups excluding carboxylic acids is 2. The van der Waals surface area contributed by atoms with Crippen molar-refractivity contribution in [3.63, 3.8) is 0 Å². The quantitative estimate of drug-likeness (QED) is 0.416. The predicted molar refractivity (Wildman–Crippen MR) is 58.3 cm³/mol. The molecule has 1 heterocycles. The summed E-state index contributed by atoms with van der Waals surface area (Å²) in [7, 11) is 0. The highest BCUT2D eigenvalue weighted by molar-refractivity contribution is 5.78. The van der Waals surface area contributed by atoms with Crippen LogP contribution in [0.5, 0.6) is 0 Å². The second-order valence-corrected chi connectivity index (χ2v) is 4.64. The summed E-state index contributed by atoms with van der Waals surface area (Å²) >= 11 is 0. The zero-order valence-electron chi connectivity index (χ0n) is 10.7. The first-order valence-corrected chi connectivity index (χ1v) is 5.53. The van der Waals surface area contributed by atoms with E-state index < -0.39 is 28.9 Å². The molecular weight excluding hydrogens is 244 g/mol. The van der Waals surface area contributed by atoms with Crippen LogP contribution >= 0.6 is 0 Å². The van der Waals surface area contributed by atoms with Gasteiger partial charge in [-0.05, 0) is 17.3 Å². The van der Waals surface area contributed by atoms with Gasteiger partial charge in [-0.15, -0.1) is 0 Å². The van der Waals surface area contributed by atoms with Crippen molar-refractivity contribution in [1.29, 1.82) is 0 Å². The number of nitro groups is 1. The van der Waals surface area contributed by atoms with Crippen LogP contribution in [0.2, 0.25) is 0 Å². The topological polar surface area (TPSA) is 99.0 Å². The van der Waals surface area contributed by atoms with Crippen molar-refractivity contribution in [2.24, 2.45) is 5.92 Å². The maximum atomic E-state index is 11.7. The molecule has 1 aliphatic heterocycles. The maximum absolute atomic E-state index is 11.7. The van der Waals surface area contributed by atoms with Crippen LogP contribution in [-0.2, 0) is 19.1 Å². The molecule has 0 aliphatic carbocycles. The number of hydrazine groups is 1. The molecule has 0 amide bonds. The van der Waals surface area contributed by atoms with E-state index in [9.17, 15) is 19.7 Å². The van der Waals surface area contributed by atoms with Crippen LogP contribution in [0.15, 0.2) is 0 Å². The number of hydrogen-bond donors (Lipinski definition) is 0. The van der Waals surface area contributed by atoms with Crippen molar-refractivity contribution in [2.45, 2.75) is 46.1 Å². The fourth-order valence-electron chi connectivity index (χ4n) is 1.92. The number of carbonyl (C=O) groups is 2. The van der Waals surface area contributed by atoms with Crippen LogP contribution in [0.25, 0.3) is 0 Å². The van der Waals surface area contributed by atoms with Gasteiger partial charge in [0.25, 0.3) is 0 Å². The van der Waals surface area contributed by atoms with E-state index >= 15 is 0 Å². The monoisotopic (exact) mass is 260 g/mol. The van der Waals surface area contributed by atoms with Gasteiger partial charge >= 0.3 is 17.8 Å². The van der Waals surface area contributed by atoms with Gasteiger partial charge in [-0.2, -0.15) is 0 Å². The molecule has 0 radical (unpaired) electrons. The van der Waals surface area contributed by atoms with Gasteiger partial charge in [-0.3, -0.25) is 4.79 Å². The van der Waals surface area contributed by atoms with Gasteiger partial charge in [0.15, 0.2) is 11.1 Å². The maximum Gasteiger partial charge on any atom is 0.391 e. The van der Waals surface area contributed by atoms with Crippen LogP contribution < -0.4 is 0 Å². The van der Waals surface area contributed by atoms with E-state index in [2.05, 4.69) is 0 Å². The molecule has 102 valence electrons. The highest BCUT2D eigenvalue weighted by atomic mass is 16.8. The highest BCUT2D eigenvalue weighted by Crippen LogP contribution is 2.32. The molecule has 0 N–H and O–H groups in total. The lowest BCUT2D eigenvalue weighted by Gasteiger charge is -2.26. The molecule has 0 aromatic heterocycles. The molecule has 0 bridgehead atoms. The van der Waals surface area contributed by atoms with Crippen LogP contribution in [0.1, 0.15) is 34.1 Å². The molecule has 8 nitrogen and oxygen atoms in total. The number of cyclic esters (lactones) is 1. The molecule has 1 rings (SSSR count). The summed E-state index contributed by atoms with van der Waals surface area (Å²) in [6, 6.07) is -1.05. The molecule has 2 atom stereocenters. The van der Waals surface area contributed by atoms with Crippen molar-refractivity contribution in [2.75, 3.05) is 0 Å². The van der Waals surface area contributed by atoms with E-state index in [0.29, 0.717) is 5.01 Å². The molecule has 1 fully saturated rings. The SMILES string of the molecule is CC(=O)O[C@@]1(C)OC(=O)[C@@H](CC(C)C)N1[N+](=O)[O-]. The molecule has 0 aromatic rings. The summed E-state index contributed by atoms with van der Waals surface area (Å²) in [6.45, 7) is 5.92. The first kappa shape index (κ1) is 14.2. The summed E-state index contributed by atoms with van der Waals surface area (Å²) in [4.78, 5) is 33.7. The third-order valence-corrected chi connectivity index (χ3v) is 2.48. The Morgan fingerprint density at radius 1 is 1.67 bits per heavy atom. The van der Waals surface area contributed by atoms with Crippen molar-refractivity contribution >= 4 is 11.9 Å². The van der Waals surface area contributed by atoms with Crippen LogP contribution in [0.4, 0.5) is 0 Å². The van der Waals surface area contributed by atoms with Crippen LogP contribution in [0, 0.1) is 16.0 Å². The summed E-state index contributed by atoms with van der Waals surface area (Å²) in [6.07, 6.45) is 0.247. The van der Waals surface area contributed by atoms with E-state index in [0.717, 1.165) is 6.92 Å². The fourth-order valence-corrected chi connectivity index (χ4v) is 1.92. The van der Waals surface area contributed by atoms with Gasteiger partial charge in [-0.1, -0.05) is 13.8 Å². The lowest BCUT2D eigenvalue weighted by atomic mass is 10.0. The van der Waals surface area contributed by atoms with Crippen molar-refractivity contribution in [3.8, 4) is 0 Å². The van der Waals surface area contributed by atoms with Gasteiger partial charge in [0.1, 0.15) is 0 Å². The minimum absolute atomic E-state index is 0.0599. The average molecular weight is 260 g/mol. The number of hydrogen-bond acceptors (Lipinski definition) is 6. The van der Waals surface area contributed by atoms with E-state index in [1.165, 1.54) is 6.92 Å². The van der Waals surface area contributed by atoms with Gasteiger partial charge in [0.2, 0.25) is 0 Å². The zero-order chi connectivity index (χ0) is 14.1. The van der Waals surface area contributed by atoms with Crippen LogP contribution in [-0.4, -0.2) is 33.9 Å². The molecule has 18 heavy (non-hydrogen) atoms. The Morgan fingerprint density at radius 3 is 2.61 bits per heavy atom. The Hall–Kier alpha value is -1.86. The van der Waals surface area contributed by atoms with Gasteiger partial charge in [-0.25, -0.2) is 14.9 Å². The summed E-state index contributed by atoms with van der Waals surface area (Å²) in [5.74, 6) is -3.44. The highest BCUT2D eigenvalue weighted by Gasteiger charge is 2.60. The summed E-state index contributed by atoms with van der Waals surface area (Å²) in [5, 5.41) is 10.8. The standard InChI is InChI=1S/C10H16N2O6/c1-6(2)5-8-9(14)18-10(4,17-7(3)13)11(8)12(15)16/h6,8H,5H2,1-4H3/t8-,10+/m1/s1. The Kier molecular flexibility index (Phi) is 3.78.